The minimum Gasteiger partial charge on any atom is -0.481 e. The van der Waals surface area contributed by atoms with Crippen LogP contribution in [0.2, 0.25) is 0 Å². The van der Waals surface area contributed by atoms with Crippen LogP contribution in [0.3, 0.4) is 0 Å². The number of ketones is 1. The first-order valence-electron chi connectivity index (χ1n) is 6.44. The molecule has 0 aliphatic rings. The van der Waals surface area contributed by atoms with Gasteiger partial charge < -0.3 is 14.9 Å². The first-order valence-corrected chi connectivity index (χ1v) is 6.44. The molecular formula is C13H20O7. The number of methoxy groups -OCH3 is 1. The minimum atomic E-state index is -1.55. The number of hydrogen-bond acceptors (Lipinski definition) is 5. The van der Waals surface area contributed by atoms with Crippen molar-refractivity contribution in [3.05, 3.63) is 0 Å². The Bertz CT molecular complexity index is 362. The highest BCUT2D eigenvalue weighted by molar-refractivity contribution is 6.33. The number of unbranched alkanes of at least 4 members (excludes halogenated alkanes) is 3. The van der Waals surface area contributed by atoms with E-state index in [9.17, 15) is 19.2 Å². The molecular weight excluding hydrogens is 268 g/mol. The zero-order valence-electron chi connectivity index (χ0n) is 11.5. The van der Waals surface area contributed by atoms with E-state index >= 15 is 0 Å². The highest BCUT2D eigenvalue weighted by Gasteiger charge is 2.27. The topological polar surface area (TPSA) is 118 Å². The van der Waals surface area contributed by atoms with E-state index in [1.165, 1.54) is 7.11 Å². The number of carboxylic acid groups (broad SMARTS) is 2. The molecule has 114 valence electrons. The Morgan fingerprint density at radius 1 is 1.00 bits per heavy atom. The van der Waals surface area contributed by atoms with Crippen molar-refractivity contribution in [2.75, 3.05) is 7.11 Å². The third-order valence-electron chi connectivity index (χ3n) is 2.92. The number of carbonyl (C=O) groups is 4. The molecule has 7 heteroatoms. The summed E-state index contributed by atoms with van der Waals surface area (Å²) in [5.41, 5.74) is 0. The van der Waals surface area contributed by atoms with Gasteiger partial charge in [-0.1, -0.05) is 19.3 Å². The van der Waals surface area contributed by atoms with Crippen LogP contribution < -0.4 is 0 Å². The van der Waals surface area contributed by atoms with E-state index in [1.807, 2.05) is 0 Å². The standard InChI is InChI=1S/C13H20O7/c1-20-11(16)8-9(12(17)13(18)19)6-4-2-3-5-7-10(14)15/h9H,2-8H2,1H3,(H,14,15)(H,18,19). The lowest BCUT2D eigenvalue weighted by molar-refractivity contribution is -0.153. The van der Waals surface area contributed by atoms with Crippen molar-refractivity contribution in [1.29, 1.82) is 0 Å². The molecule has 0 radical (unpaired) electrons. The van der Waals surface area contributed by atoms with Crippen molar-refractivity contribution in [2.24, 2.45) is 5.92 Å². The Labute approximate surface area is 116 Å². The van der Waals surface area contributed by atoms with Gasteiger partial charge in [0.05, 0.1) is 13.5 Å². The van der Waals surface area contributed by atoms with E-state index in [2.05, 4.69) is 4.74 Å². The summed E-state index contributed by atoms with van der Waals surface area (Å²) in [4.78, 5) is 43.5. The molecule has 20 heavy (non-hydrogen) atoms. The van der Waals surface area contributed by atoms with Crippen LogP contribution in [-0.4, -0.2) is 41.0 Å². The minimum absolute atomic E-state index is 0.0969. The van der Waals surface area contributed by atoms with Crippen molar-refractivity contribution in [3.8, 4) is 0 Å². The fourth-order valence-corrected chi connectivity index (χ4v) is 1.81. The SMILES string of the molecule is COC(=O)CC(CCCCCCC(=O)O)C(=O)C(=O)O. The van der Waals surface area contributed by atoms with Crippen LogP contribution in [0.15, 0.2) is 0 Å². The molecule has 0 heterocycles. The second-order valence-electron chi connectivity index (χ2n) is 4.49. The van der Waals surface area contributed by atoms with Gasteiger partial charge in [0, 0.05) is 12.3 Å². The number of Topliss-reactive ketones (excluding diaryl/α,β-unsaturated/α-hetero) is 1. The maximum absolute atomic E-state index is 11.4. The zero-order chi connectivity index (χ0) is 15.5. The molecule has 0 spiro atoms. The predicted octanol–water partition coefficient (Wildman–Crippen LogP) is 1.24. The number of rotatable bonds is 11. The molecule has 0 amide bonds. The van der Waals surface area contributed by atoms with Gasteiger partial charge >= 0.3 is 17.9 Å². The van der Waals surface area contributed by atoms with Crippen molar-refractivity contribution < 1.29 is 34.1 Å². The van der Waals surface area contributed by atoms with Gasteiger partial charge in [-0.05, 0) is 12.8 Å². The van der Waals surface area contributed by atoms with Crippen molar-refractivity contribution in [1.82, 2.24) is 0 Å². The Morgan fingerprint density at radius 2 is 1.60 bits per heavy atom. The van der Waals surface area contributed by atoms with Crippen LogP contribution in [0.5, 0.6) is 0 Å². The summed E-state index contributed by atoms with van der Waals surface area (Å²) in [5, 5.41) is 17.1. The van der Waals surface area contributed by atoms with Gasteiger partial charge in [-0.3, -0.25) is 14.4 Å². The van der Waals surface area contributed by atoms with Gasteiger partial charge in [-0.2, -0.15) is 0 Å². The maximum Gasteiger partial charge on any atom is 0.372 e. The van der Waals surface area contributed by atoms with Crippen molar-refractivity contribution >= 4 is 23.7 Å². The molecule has 0 aliphatic carbocycles. The summed E-state index contributed by atoms with van der Waals surface area (Å²) in [6.45, 7) is 0. The summed E-state index contributed by atoms with van der Waals surface area (Å²) in [7, 11) is 1.18. The van der Waals surface area contributed by atoms with Crippen LogP contribution in [-0.2, 0) is 23.9 Å². The summed E-state index contributed by atoms with van der Waals surface area (Å²) in [6.07, 6.45) is 2.64. The fraction of sp³-hybridized carbons (Fsp3) is 0.692. The van der Waals surface area contributed by atoms with Crippen LogP contribution >= 0.6 is 0 Å². The van der Waals surface area contributed by atoms with Gasteiger partial charge in [0.15, 0.2) is 0 Å². The fourth-order valence-electron chi connectivity index (χ4n) is 1.81. The Kier molecular flexibility index (Phi) is 8.98. The number of carbonyl (C=O) groups excluding carboxylic acids is 2. The van der Waals surface area contributed by atoms with Gasteiger partial charge in [0.1, 0.15) is 0 Å². The molecule has 0 aromatic rings. The van der Waals surface area contributed by atoms with E-state index in [0.717, 1.165) is 0 Å². The Balaban J connectivity index is 4.10. The second-order valence-corrected chi connectivity index (χ2v) is 4.49. The average molecular weight is 288 g/mol. The average Bonchev–Trinajstić information content (AvgIpc) is 2.39. The van der Waals surface area contributed by atoms with E-state index < -0.39 is 29.6 Å². The second kappa shape index (κ2) is 9.94. The highest BCUT2D eigenvalue weighted by Crippen LogP contribution is 2.17. The van der Waals surface area contributed by atoms with Gasteiger partial charge in [0.25, 0.3) is 0 Å². The predicted molar refractivity (Wildman–Crippen MR) is 68.1 cm³/mol. The van der Waals surface area contributed by atoms with Gasteiger partial charge in [0.2, 0.25) is 5.78 Å². The third kappa shape index (κ3) is 8.23. The third-order valence-corrected chi connectivity index (χ3v) is 2.92. The molecule has 0 aromatic heterocycles. The lowest BCUT2D eigenvalue weighted by Gasteiger charge is -2.11. The largest absolute Gasteiger partial charge is 0.481 e. The van der Waals surface area contributed by atoms with E-state index in [0.29, 0.717) is 25.7 Å². The number of ether oxygens (including phenoxy) is 1. The van der Waals surface area contributed by atoms with E-state index in [1.54, 1.807) is 0 Å². The Hall–Kier alpha value is -1.92. The summed E-state index contributed by atoms with van der Waals surface area (Å²) in [6, 6.07) is 0. The lowest BCUT2D eigenvalue weighted by atomic mass is 9.93. The Morgan fingerprint density at radius 3 is 2.10 bits per heavy atom. The van der Waals surface area contributed by atoms with Gasteiger partial charge in [-0.15, -0.1) is 0 Å². The molecule has 0 aromatic carbocycles. The van der Waals surface area contributed by atoms with Crippen molar-refractivity contribution in [2.45, 2.75) is 44.9 Å². The monoisotopic (exact) mass is 288 g/mol. The zero-order valence-corrected chi connectivity index (χ0v) is 11.5. The van der Waals surface area contributed by atoms with Crippen LogP contribution in [0, 0.1) is 5.92 Å². The molecule has 0 saturated heterocycles. The normalized spacial score (nSPS) is 11.7. The number of esters is 1. The summed E-state index contributed by atoms with van der Waals surface area (Å²) >= 11 is 0. The summed E-state index contributed by atoms with van der Waals surface area (Å²) in [5.74, 6) is -4.88. The van der Waals surface area contributed by atoms with Crippen LogP contribution in [0.4, 0.5) is 0 Å². The van der Waals surface area contributed by atoms with E-state index in [-0.39, 0.29) is 19.3 Å². The summed E-state index contributed by atoms with van der Waals surface area (Å²) < 4.78 is 4.43. The molecule has 1 unspecified atom stereocenters. The lowest BCUT2D eigenvalue weighted by Crippen LogP contribution is -2.26. The quantitative estimate of drug-likeness (QED) is 0.333. The first kappa shape index (κ1) is 18.1. The van der Waals surface area contributed by atoms with Crippen molar-refractivity contribution in [3.63, 3.8) is 0 Å². The molecule has 1 atom stereocenters. The molecule has 0 aliphatic heterocycles. The first-order chi connectivity index (χ1) is 9.38. The van der Waals surface area contributed by atoms with Crippen LogP contribution in [0.25, 0.3) is 0 Å². The van der Waals surface area contributed by atoms with Gasteiger partial charge in [-0.25, -0.2) is 4.79 Å². The molecule has 2 N–H and O–H groups in total. The molecule has 0 rings (SSSR count). The van der Waals surface area contributed by atoms with Crippen LogP contribution in [0.1, 0.15) is 44.9 Å². The highest BCUT2D eigenvalue weighted by atomic mass is 16.5. The molecule has 0 bridgehead atoms. The molecule has 0 fully saturated rings. The number of carboxylic acids is 2. The maximum atomic E-state index is 11.4. The molecule has 0 saturated carbocycles. The number of hydrogen-bond donors (Lipinski definition) is 2. The van der Waals surface area contributed by atoms with E-state index in [4.69, 9.17) is 10.2 Å². The smallest absolute Gasteiger partial charge is 0.372 e. The molecule has 7 nitrogen and oxygen atoms in total. The number of aliphatic carboxylic acids is 2.